The van der Waals surface area contributed by atoms with E-state index in [2.05, 4.69) is 46.9 Å². The van der Waals surface area contributed by atoms with Crippen LogP contribution in [0.25, 0.3) is 0 Å². The maximum Gasteiger partial charge on any atom is 0.122 e. The van der Waals surface area contributed by atoms with Gasteiger partial charge in [-0.1, -0.05) is 26.0 Å². The lowest BCUT2D eigenvalue weighted by atomic mass is 9.98. The van der Waals surface area contributed by atoms with Gasteiger partial charge in [0.25, 0.3) is 0 Å². The molecule has 0 amide bonds. The third-order valence-electron chi connectivity index (χ3n) is 3.64. The number of aromatic nitrogens is 2. The van der Waals surface area contributed by atoms with Crippen LogP contribution >= 0.6 is 15.9 Å². The summed E-state index contributed by atoms with van der Waals surface area (Å²) in [5, 5.41) is 0. The number of aryl methyl sites for hydroxylation is 1. The fraction of sp³-hybridized carbons (Fsp3) is 0.438. The van der Waals surface area contributed by atoms with Crippen LogP contribution < -0.4 is 4.74 Å². The van der Waals surface area contributed by atoms with Crippen LogP contribution in [0, 0.1) is 6.92 Å². The zero-order chi connectivity index (χ0) is 14.9. The topological polar surface area (TPSA) is 27.1 Å². The van der Waals surface area contributed by atoms with Gasteiger partial charge in [0.2, 0.25) is 0 Å². The number of hydrogen-bond acceptors (Lipinski definition) is 2. The van der Waals surface area contributed by atoms with Crippen LogP contribution in [0.15, 0.2) is 22.8 Å². The number of ether oxygens (including phenoxy) is 1. The largest absolute Gasteiger partial charge is 0.496 e. The maximum absolute atomic E-state index is 5.48. The number of imidazole rings is 1. The highest BCUT2D eigenvalue weighted by molar-refractivity contribution is 9.10. The van der Waals surface area contributed by atoms with E-state index in [0.29, 0.717) is 5.92 Å². The van der Waals surface area contributed by atoms with Gasteiger partial charge in [0.1, 0.15) is 16.2 Å². The number of halogens is 1. The van der Waals surface area contributed by atoms with E-state index in [1.165, 1.54) is 11.1 Å². The highest BCUT2D eigenvalue weighted by atomic mass is 79.9. The molecule has 1 heterocycles. The van der Waals surface area contributed by atoms with E-state index in [4.69, 9.17) is 4.74 Å². The van der Waals surface area contributed by atoms with E-state index in [9.17, 15) is 0 Å². The summed E-state index contributed by atoms with van der Waals surface area (Å²) >= 11 is 3.61. The van der Waals surface area contributed by atoms with Crippen molar-refractivity contribution in [2.45, 2.75) is 33.1 Å². The summed E-state index contributed by atoms with van der Waals surface area (Å²) < 4.78 is 8.56. The van der Waals surface area contributed by atoms with Gasteiger partial charge in [0.05, 0.1) is 12.8 Å². The highest BCUT2D eigenvalue weighted by Crippen LogP contribution is 2.28. The molecule has 20 heavy (non-hydrogen) atoms. The molecule has 0 aliphatic rings. The zero-order valence-electron chi connectivity index (χ0n) is 12.7. The molecule has 0 atom stereocenters. The SMILES string of the molecule is COc1ccc(C(C)C)cc1Cc1nc(C)n(C)c1Br. The molecule has 0 fully saturated rings. The molecule has 108 valence electrons. The van der Waals surface area contributed by atoms with Crippen molar-refractivity contribution in [1.29, 1.82) is 0 Å². The third kappa shape index (κ3) is 2.90. The minimum atomic E-state index is 0.508. The van der Waals surface area contributed by atoms with Gasteiger partial charge in [-0.3, -0.25) is 0 Å². The van der Waals surface area contributed by atoms with Crippen molar-refractivity contribution in [2.75, 3.05) is 7.11 Å². The second-order valence-corrected chi connectivity index (χ2v) is 6.11. The Morgan fingerprint density at radius 2 is 2.05 bits per heavy atom. The van der Waals surface area contributed by atoms with E-state index in [1.54, 1.807) is 7.11 Å². The zero-order valence-corrected chi connectivity index (χ0v) is 14.3. The molecule has 2 aromatic rings. The molecule has 4 heteroatoms. The summed E-state index contributed by atoms with van der Waals surface area (Å²) in [5.74, 6) is 2.43. The van der Waals surface area contributed by atoms with Crippen LogP contribution in [-0.2, 0) is 13.5 Å². The summed E-state index contributed by atoms with van der Waals surface area (Å²) in [6.45, 7) is 6.41. The molecule has 3 nitrogen and oxygen atoms in total. The molecule has 0 radical (unpaired) electrons. The molecule has 0 N–H and O–H groups in total. The fourth-order valence-electron chi connectivity index (χ4n) is 2.24. The Morgan fingerprint density at radius 3 is 2.55 bits per heavy atom. The van der Waals surface area contributed by atoms with Crippen LogP contribution in [-0.4, -0.2) is 16.7 Å². The Labute approximate surface area is 129 Å². The Bertz CT molecular complexity index is 617. The fourth-order valence-corrected chi connectivity index (χ4v) is 2.73. The first kappa shape index (κ1) is 15.1. The second kappa shape index (κ2) is 6.00. The van der Waals surface area contributed by atoms with E-state index in [0.717, 1.165) is 28.3 Å². The van der Waals surface area contributed by atoms with Crippen molar-refractivity contribution >= 4 is 15.9 Å². The lowest BCUT2D eigenvalue weighted by Gasteiger charge is -2.12. The van der Waals surface area contributed by atoms with Crippen LogP contribution in [0.4, 0.5) is 0 Å². The first-order chi connectivity index (χ1) is 9.43. The van der Waals surface area contributed by atoms with Crippen LogP contribution in [0.5, 0.6) is 5.75 Å². The number of benzene rings is 1. The molecule has 0 aliphatic heterocycles. The molecule has 0 unspecified atom stereocenters. The van der Waals surface area contributed by atoms with Crippen molar-refractivity contribution in [2.24, 2.45) is 7.05 Å². The van der Waals surface area contributed by atoms with Crippen LogP contribution in [0.3, 0.4) is 0 Å². The monoisotopic (exact) mass is 336 g/mol. The van der Waals surface area contributed by atoms with Gasteiger partial charge in [-0.15, -0.1) is 0 Å². The molecule has 0 bridgehead atoms. The highest BCUT2D eigenvalue weighted by Gasteiger charge is 2.14. The van der Waals surface area contributed by atoms with Gasteiger partial charge in [0, 0.05) is 19.0 Å². The summed E-state index contributed by atoms with van der Waals surface area (Å²) in [6, 6.07) is 6.40. The molecule has 2 rings (SSSR count). The van der Waals surface area contributed by atoms with Crippen LogP contribution in [0.2, 0.25) is 0 Å². The number of methoxy groups -OCH3 is 1. The van der Waals surface area contributed by atoms with Gasteiger partial charge < -0.3 is 9.30 Å². The van der Waals surface area contributed by atoms with Crippen molar-refractivity contribution in [3.8, 4) is 5.75 Å². The number of nitrogens with zero attached hydrogens (tertiary/aromatic N) is 2. The lowest BCUT2D eigenvalue weighted by molar-refractivity contribution is 0.410. The Hall–Kier alpha value is -1.29. The van der Waals surface area contributed by atoms with Crippen molar-refractivity contribution < 1.29 is 4.74 Å². The maximum atomic E-state index is 5.48. The molecule has 0 saturated carbocycles. The van der Waals surface area contributed by atoms with Crippen LogP contribution in [0.1, 0.15) is 42.4 Å². The summed E-state index contributed by atoms with van der Waals surface area (Å²) in [6.07, 6.45) is 0.770. The van der Waals surface area contributed by atoms with E-state index in [1.807, 2.05) is 24.6 Å². The molecular weight excluding hydrogens is 316 g/mol. The summed E-state index contributed by atoms with van der Waals surface area (Å²) in [5.41, 5.74) is 3.55. The Kier molecular flexibility index (Phi) is 4.53. The average molecular weight is 337 g/mol. The molecule has 0 aliphatic carbocycles. The number of hydrogen-bond donors (Lipinski definition) is 0. The summed E-state index contributed by atoms with van der Waals surface area (Å²) in [4.78, 5) is 4.62. The van der Waals surface area contributed by atoms with E-state index in [-0.39, 0.29) is 0 Å². The van der Waals surface area contributed by atoms with Gasteiger partial charge >= 0.3 is 0 Å². The van der Waals surface area contributed by atoms with E-state index < -0.39 is 0 Å². The predicted octanol–water partition coefficient (Wildman–Crippen LogP) is 4.21. The smallest absolute Gasteiger partial charge is 0.122 e. The van der Waals surface area contributed by atoms with Gasteiger partial charge in [-0.05, 0) is 40.4 Å². The predicted molar refractivity (Wildman–Crippen MR) is 85.5 cm³/mol. The quantitative estimate of drug-likeness (QED) is 0.835. The molecule has 0 spiro atoms. The third-order valence-corrected chi connectivity index (χ3v) is 4.63. The Balaban J connectivity index is 2.40. The van der Waals surface area contributed by atoms with Gasteiger partial charge in [0.15, 0.2) is 0 Å². The average Bonchev–Trinajstić information content (AvgIpc) is 2.66. The minimum Gasteiger partial charge on any atom is -0.496 e. The molecule has 0 saturated heterocycles. The standard InChI is InChI=1S/C16H21BrN2O/c1-10(2)12-6-7-15(20-5)13(8-12)9-14-16(17)19(4)11(3)18-14/h6-8,10H,9H2,1-5H3. The first-order valence-corrected chi connectivity index (χ1v) is 7.57. The van der Waals surface area contributed by atoms with Crippen molar-refractivity contribution in [3.63, 3.8) is 0 Å². The van der Waals surface area contributed by atoms with E-state index >= 15 is 0 Å². The summed E-state index contributed by atoms with van der Waals surface area (Å²) in [7, 11) is 3.73. The van der Waals surface area contributed by atoms with Crippen molar-refractivity contribution in [3.05, 3.63) is 45.4 Å². The first-order valence-electron chi connectivity index (χ1n) is 6.78. The number of rotatable bonds is 4. The van der Waals surface area contributed by atoms with Gasteiger partial charge in [-0.2, -0.15) is 0 Å². The minimum absolute atomic E-state index is 0.508. The molecular formula is C16H21BrN2O. The lowest BCUT2D eigenvalue weighted by Crippen LogP contribution is -1.98. The molecule has 1 aromatic heterocycles. The Morgan fingerprint density at radius 1 is 1.35 bits per heavy atom. The molecule has 1 aromatic carbocycles. The van der Waals surface area contributed by atoms with Crippen molar-refractivity contribution in [1.82, 2.24) is 9.55 Å². The normalized spacial score (nSPS) is 11.2. The van der Waals surface area contributed by atoms with Gasteiger partial charge in [-0.25, -0.2) is 4.98 Å². The second-order valence-electron chi connectivity index (χ2n) is 5.36.